The van der Waals surface area contributed by atoms with Crippen molar-refractivity contribution >= 4 is 17.9 Å². The van der Waals surface area contributed by atoms with Crippen molar-refractivity contribution in [1.82, 2.24) is 15.5 Å². The summed E-state index contributed by atoms with van der Waals surface area (Å²) in [5, 5.41) is 5.56. The third-order valence-corrected chi connectivity index (χ3v) is 4.02. The standard InChI is InChI=1S/C23H37N3O4/c1-9-15-26(20(28)16(2)24-21(29)30-23(6,7)8)18(17-13-11-10-12-14-17)19(27)25-22(3,4)5/h10-14,16,18H,9,15H2,1-8H3,(H,24,29)(H,25,27). The molecule has 0 heterocycles. The fourth-order valence-electron chi connectivity index (χ4n) is 2.95. The van der Waals surface area contributed by atoms with Gasteiger partial charge in [-0.2, -0.15) is 0 Å². The van der Waals surface area contributed by atoms with Gasteiger partial charge in [-0.25, -0.2) is 4.79 Å². The number of amides is 3. The van der Waals surface area contributed by atoms with E-state index in [0.717, 1.165) is 0 Å². The van der Waals surface area contributed by atoms with Crippen molar-refractivity contribution in [2.24, 2.45) is 0 Å². The SMILES string of the molecule is CCCN(C(=O)C(C)NC(=O)OC(C)(C)C)C(C(=O)NC(C)(C)C)c1ccccc1. The van der Waals surface area contributed by atoms with E-state index in [4.69, 9.17) is 4.74 Å². The summed E-state index contributed by atoms with van der Waals surface area (Å²) in [5.74, 6) is -0.611. The Morgan fingerprint density at radius 1 is 1.03 bits per heavy atom. The number of carbonyl (C=O) groups excluding carboxylic acids is 3. The van der Waals surface area contributed by atoms with Crippen LogP contribution in [0.1, 0.15) is 73.4 Å². The van der Waals surface area contributed by atoms with Crippen LogP contribution in [0.5, 0.6) is 0 Å². The summed E-state index contributed by atoms with van der Waals surface area (Å²) in [7, 11) is 0. The Hall–Kier alpha value is -2.57. The third kappa shape index (κ3) is 8.43. The molecular formula is C23H37N3O4. The van der Waals surface area contributed by atoms with E-state index in [1.54, 1.807) is 27.7 Å². The van der Waals surface area contributed by atoms with Crippen molar-refractivity contribution in [3.05, 3.63) is 35.9 Å². The van der Waals surface area contributed by atoms with Crippen molar-refractivity contribution in [3.8, 4) is 0 Å². The van der Waals surface area contributed by atoms with Gasteiger partial charge in [0.1, 0.15) is 17.7 Å². The van der Waals surface area contributed by atoms with Gasteiger partial charge in [-0.05, 0) is 60.5 Å². The molecule has 0 saturated heterocycles. The number of benzene rings is 1. The molecule has 0 fully saturated rings. The monoisotopic (exact) mass is 419 g/mol. The second-order valence-electron chi connectivity index (χ2n) is 9.45. The number of nitrogens with one attached hydrogen (secondary N) is 2. The predicted molar refractivity (Wildman–Crippen MR) is 118 cm³/mol. The number of ether oxygens (including phenoxy) is 1. The summed E-state index contributed by atoms with van der Waals surface area (Å²) in [5.41, 5.74) is -0.411. The molecule has 0 aliphatic carbocycles. The van der Waals surface area contributed by atoms with Gasteiger partial charge in [-0.3, -0.25) is 9.59 Å². The zero-order valence-electron chi connectivity index (χ0n) is 19.5. The van der Waals surface area contributed by atoms with Gasteiger partial charge >= 0.3 is 6.09 Å². The van der Waals surface area contributed by atoms with Crippen LogP contribution in [0.25, 0.3) is 0 Å². The summed E-state index contributed by atoms with van der Waals surface area (Å²) in [4.78, 5) is 40.1. The smallest absolute Gasteiger partial charge is 0.408 e. The molecule has 0 aliphatic heterocycles. The first kappa shape index (κ1) is 25.5. The Balaban J connectivity index is 3.19. The number of nitrogens with zero attached hydrogens (tertiary/aromatic N) is 1. The van der Waals surface area contributed by atoms with Crippen molar-refractivity contribution < 1.29 is 19.1 Å². The molecule has 1 rings (SSSR count). The molecule has 7 nitrogen and oxygen atoms in total. The average molecular weight is 420 g/mol. The van der Waals surface area contributed by atoms with E-state index in [-0.39, 0.29) is 11.8 Å². The molecule has 0 saturated carbocycles. The zero-order valence-corrected chi connectivity index (χ0v) is 19.5. The number of carbonyl (C=O) groups is 3. The quantitative estimate of drug-likeness (QED) is 0.704. The van der Waals surface area contributed by atoms with Gasteiger partial charge < -0.3 is 20.3 Å². The molecule has 2 N–H and O–H groups in total. The largest absolute Gasteiger partial charge is 0.444 e. The van der Waals surface area contributed by atoms with E-state index >= 15 is 0 Å². The maximum Gasteiger partial charge on any atom is 0.408 e. The molecule has 168 valence electrons. The van der Waals surface area contributed by atoms with E-state index in [9.17, 15) is 14.4 Å². The lowest BCUT2D eigenvalue weighted by atomic mass is 10.0. The molecule has 7 heteroatoms. The fraction of sp³-hybridized carbons (Fsp3) is 0.609. The van der Waals surface area contributed by atoms with Crippen LogP contribution < -0.4 is 10.6 Å². The lowest BCUT2D eigenvalue weighted by Gasteiger charge is -2.35. The van der Waals surface area contributed by atoms with Crippen LogP contribution in [0.3, 0.4) is 0 Å². The molecule has 0 bridgehead atoms. The van der Waals surface area contributed by atoms with Crippen LogP contribution in [-0.4, -0.2) is 46.5 Å². The summed E-state index contributed by atoms with van der Waals surface area (Å²) in [6, 6.07) is 7.54. The van der Waals surface area contributed by atoms with Crippen LogP contribution >= 0.6 is 0 Å². The Kier molecular flexibility index (Phi) is 8.88. The first-order chi connectivity index (χ1) is 13.7. The first-order valence-corrected chi connectivity index (χ1v) is 10.4. The van der Waals surface area contributed by atoms with Crippen LogP contribution in [0.2, 0.25) is 0 Å². The molecule has 1 aromatic rings. The predicted octanol–water partition coefficient (Wildman–Crippen LogP) is 3.79. The Morgan fingerprint density at radius 2 is 1.60 bits per heavy atom. The van der Waals surface area contributed by atoms with E-state index in [1.165, 1.54) is 4.90 Å². The molecule has 0 aromatic heterocycles. The highest BCUT2D eigenvalue weighted by atomic mass is 16.6. The van der Waals surface area contributed by atoms with Crippen molar-refractivity contribution in [1.29, 1.82) is 0 Å². The van der Waals surface area contributed by atoms with Gasteiger partial charge in [0, 0.05) is 12.1 Å². The van der Waals surface area contributed by atoms with Gasteiger partial charge in [-0.1, -0.05) is 37.3 Å². The molecular weight excluding hydrogens is 382 g/mol. The lowest BCUT2D eigenvalue weighted by Crippen LogP contribution is -2.54. The van der Waals surface area contributed by atoms with E-state index in [2.05, 4.69) is 10.6 Å². The molecule has 2 atom stereocenters. The minimum Gasteiger partial charge on any atom is -0.444 e. The highest BCUT2D eigenvalue weighted by Gasteiger charge is 2.35. The second kappa shape index (κ2) is 10.5. The minimum atomic E-state index is -0.847. The topological polar surface area (TPSA) is 87.7 Å². The summed E-state index contributed by atoms with van der Waals surface area (Å²) in [6.45, 7) is 14.9. The number of hydrogen-bond acceptors (Lipinski definition) is 4. The van der Waals surface area contributed by atoms with Gasteiger partial charge in [0.05, 0.1) is 0 Å². The summed E-state index contributed by atoms with van der Waals surface area (Å²) < 4.78 is 5.26. The fourth-order valence-corrected chi connectivity index (χ4v) is 2.95. The minimum absolute atomic E-state index is 0.264. The number of rotatable bonds is 7. The maximum atomic E-state index is 13.3. The lowest BCUT2D eigenvalue weighted by molar-refractivity contribution is -0.142. The average Bonchev–Trinajstić information content (AvgIpc) is 2.58. The van der Waals surface area contributed by atoms with Gasteiger partial charge in [0.2, 0.25) is 11.8 Å². The normalized spacial score (nSPS) is 13.7. The highest BCUT2D eigenvalue weighted by molar-refractivity contribution is 5.92. The first-order valence-electron chi connectivity index (χ1n) is 10.4. The number of hydrogen-bond donors (Lipinski definition) is 2. The van der Waals surface area contributed by atoms with Crippen molar-refractivity contribution in [3.63, 3.8) is 0 Å². The van der Waals surface area contributed by atoms with Crippen LogP contribution in [-0.2, 0) is 14.3 Å². The zero-order chi connectivity index (χ0) is 23.1. The van der Waals surface area contributed by atoms with Crippen LogP contribution in [0, 0.1) is 0 Å². The molecule has 0 radical (unpaired) electrons. The Bertz CT molecular complexity index is 720. The van der Waals surface area contributed by atoms with Crippen LogP contribution in [0.4, 0.5) is 4.79 Å². The molecule has 1 aromatic carbocycles. The van der Waals surface area contributed by atoms with E-state index < -0.39 is 29.3 Å². The third-order valence-electron chi connectivity index (χ3n) is 4.02. The van der Waals surface area contributed by atoms with Gasteiger partial charge in [-0.15, -0.1) is 0 Å². The molecule has 0 aliphatic rings. The maximum absolute atomic E-state index is 13.3. The molecule has 2 unspecified atom stereocenters. The summed E-state index contributed by atoms with van der Waals surface area (Å²) >= 11 is 0. The molecule has 0 spiro atoms. The molecule has 3 amide bonds. The second-order valence-corrected chi connectivity index (χ2v) is 9.45. The Labute approximate surface area is 180 Å². The van der Waals surface area contributed by atoms with Crippen molar-refractivity contribution in [2.75, 3.05) is 6.54 Å². The number of alkyl carbamates (subject to hydrolysis) is 1. The van der Waals surface area contributed by atoms with Gasteiger partial charge in [0.25, 0.3) is 0 Å². The van der Waals surface area contributed by atoms with Crippen molar-refractivity contribution in [2.45, 2.75) is 85.0 Å². The van der Waals surface area contributed by atoms with Gasteiger partial charge in [0.15, 0.2) is 0 Å². The van der Waals surface area contributed by atoms with E-state index in [0.29, 0.717) is 18.5 Å². The molecule has 30 heavy (non-hydrogen) atoms. The summed E-state index contributed by atoms with van der Waals surface area (Å²) in [6.07, 6.45) is -0.00739. The van der Waals surface area contributed by atoms with Crippen LogP contribution in [0.15, 0.2) is 30.3 Å². The Morgan fingerprint density at radius 3 is 2.07 bits per heavy atom. The van der Waals surface area contributed by atoms with E-state index in [1.807, 2.05) is 58.0 Å². The highest BCUT2D eigenvalue weighted by Crippen LogP contribution is 2.23.